The Kier molecular flexibility index (Phi) is 5.22. The molecule has 18 heavy (non-hydrogen) atoms. The molecule has 100 valence electrons. The van der Waals surface area contributed by atoms with Crippen molar-refractivity contribution in [3.8, 4) is 0 Å². The lowest BCUT2D eigenvalue weighted by Crippen LogP contribution is -2.41. The molecule has 0 saturated heterocycles. The molecular weight excluding hydrogens is 266 g/mol. The fraction of sp³-hybridized carbons (Fsp3) is 0.571. The number of hydrogen-bond acceptors (Lipinski definition) is 2. The third-order valence-electron chi connectivity index (χ3n) is 3.56. The molecule has 1 atom stereocenters. The Labute approximate surface area is 117 Å². The van der Waals surface area contributed by atoms with E-state index >= 15 is 0 Å². The molecule has 1 saturated carbocycles. The first-order valence-electron chi connectivity index (χ1n) is 6.53. The summed E-state index contributed by atoms with van der Waals surface area (Å²) in [5.41, 5.74) is 1.38. The largest absolute Gasteiger partial charge is 0.313 e. The quantitative estimate of drug-likeness (QED) is 0.871. The van der Waals surface area contributed by atoms with Crippen molar-refractivity contribution in [1.82, 2.24) is 5.32 Å². The van der Waals surface area contributed by atoms with Crippen molar-refractivity contribution in [3.63, 3.8) is 0 Å². The minimum atomic E-state index is -0.646. The molecule has 0 spiro atoms. The summed E-state index contributed by atoms with van der Waals surface area (Å²) >= 11 is 5.88. The van der Waals surface area contributed by atoms with Crippen LogP contribution in [0.5, 0.6) is 0 Å². The van der Waals surface area contributed by atoms with Crippen LogP contribution < -0.4 is 5.32 Å². The van der Waals surface area contributed by atoms with Crippen molar-refractivity contribution in [2.45, 2.75) is 31.7 Å². The maximum absolute atomic E-state index is 11.3. The van der Waals surface area contributed by atoms with Gasteiger partial charge in [-0.25, -0.2) is 0 Å². The van der Waals surface area contributed by atoms with Gasteiger partial charge in [-0.2, -0.15) is 0 Å². The van der Waals surface area contributed by atoms with E-state index in [0.29, 0.717) is 12.0 Å². The van der Waals surface area contributed by atoms with Crippen LogP contribution in [0.1, 0.15) is 31.2 Å². The Morgan fingerprint density at radius 3 is 2.61 bits per heavy atom. The Hall–Kier alpha value is -0.380. The van der Waals surface area contributed by atoms with Gasteiger partial charge in [-0.15, -0.1) is 0 Å². The second-order valence-electron chi connectivity index (χ2n) is 4.80. The van der Waals surface area contributed by atoms with Crippen molar-refractivity contribution in [2.75, 3.05) is 18.1 Å². The first-order chi connectivity index (χ1) is 8.69. The fourth-order valence-electron chi connectivity index (χ4n) is 2.31. The number of hydrogen-bond donors (Lipinski definition) is 1. The van der Waals surface area contributed by atoms with Crippen molar-refractivity contribution >= 4 is 22.4 Å². The van der Waals surface area contributed by atoms with Crippen molar-refractivity contribution in [2.24, 2.45) is 0 Å². The van der Waals surface area contributed by atoms with Gasteiger partial charge in [-0.3, -0.25) is 4.21 Å². The van der Waals surface area contributed by atoms with Gasteiger partial charge in [0.25, 0.3) is 0 Å². The molecule has 2 nitrogen and oxygen atoms in total. The number of benzene rings is 1. The molecule has 4 heteroatoms. The maximum Gasteiger partial charge on any atom is 0.0406 e. The molecule has 1 aromatic carbocycles. The molecule has 1 unspecified atom stereocenters. The highest BCUT2D eigenvalue weighted by molar-refractivity contribution is 7.84. The van der Waals surface area contributed by atoms with E-state index in [0.717, 1.165) is 23.1 Å². The van der Waals surface area contributed by atoms with Crippen LogP contribution in [0.3, 0.4) is 0 Å². The van der Waals surface area contributed by atoms with E-state index < -0.39 is 10.8 Å². The van der Waals surface area contributed by atoms with Crippen LogP contribution in [0.15, 0.2) is 24.3 Å². The highest BCUT2D eigenvalue weighted by Crippen LogP contribution is 2.37. The lowest BCUT2D eigenvalue weighted by atomic mass is 9.76. The average molecular weight is 286 g/mol. The summed E-state index contributed by atoms with van der Waals surface area (Å²) in [6.45, 7) is 2.84. The minimum Gasteiger partial charge on any atom is -0.313 e. The monoisotopic (exact) mass is 285 g/mol. The molecule has 1 aliphatic rings. The van der Waals surface area contributed by atoms with E-state index in [1.54, 1.807) is 0 Å². The third kappa shape index (κ3) is 3.81. The van der Waals surface area contributed by atoms with Crippen molar-refractivity contribution in [1.29, 1.82) is 0 Å². The van der Waals surface area contributed by atoms with E-state index in [1.807, 2.05) is 19.1 Å². The van der Waals surface area contributed by atoms with Crippen LogP contribution in [0.2, 0.25) is 5.02 Å². The molecule has 0 bridgehead atoms. The van der Waals surface area contributed by atoms with Crippen molar-refractivity contribution in [3.05, 3.63) is 34.9 Å². The summed E-state index contributed by atoms with van der Waals surface area (Å²) in [6, 6.07) is 8.76. The fourth-order valence-corrected chi connectivity index (χ4v) is 3.07. The topological polar surface area (TPSA) is 29.1 Å². The van der Waals surface area contributed by atoms with Crippen LogP contribution in [-0.4, -0.2) is 28.3 Å². The van der Waals surface area contributed by atoms with Crippen LogP contribution >= 0.6 is 11.6 Å². The van der Waals surface area contributed by atoms with Gasteiger partial charge in [0.1, 0.15) is 0 Å². The molecule has 1 fully saturated rings. The highest BCUT2D eigenvalue weighted by Gasteiger charge is 2.29. The zero-order valence-corrected chi connectivity index (χ0v) is 12.3. The Morgan fingerprint density at radius 1 is 1.33 bits per heavy atom. The number of rotatable bonds is 6. The summed E-state index contributed by atoms with van der Waals surface area (Å²) in [5, 5.41) is 4.28. The predicted octanol–water partition coefficient (Wildman–Crippen LogP) is 2.94. The second-order valence-corrected chi connectivity index (χ2v) is 7.11. The summed E-state index contributed by atoms with van der Waals surface area (Å²) in [7, 11) is -0.646. The van der Waals surface area contributed by atoms with Crippen LogP contribution in [0.25, 0.3) is 0 Å². The van der Waals surface area contributed by atoms with Crippen LogP contribution in [0.4, 0.5) is 0 Å². The molecule has 2 rings (SSSR count). The molecule has 0 aromatic heterocycles. The zero-order chi connectivity index (χ0) is 13.0. The van der Waals surface area contributed by atoms with Gasteiger partial charge in [-0.05, 0) is 36.5 Å². The zero-order valence-electron chi connectivity index (χ0n) is 10.7. The summed E-state index contributed by atoms with van der Waals surface area (Å²) in [4.78, 5) is 0. The smallest absolute Gasteiger partial charge is 0.0406 e. The molecule has 0 amide bonds. The van der Waals surface area contributed by atoms with Gasteiger partial charge in [0, 0.05) is 39.9 Å². The Balaban J connectivity index is 1.67. The van der Waals surface area contributed by atoms with Crippen LogP contribution in [0, 0.1) is 0 Å². The van der Waals surface area contributed by atoms with Crippen molar-refractivity contribution < 1.29 is 4.21 Å². The summed E-state index contributed by atoms with van der Waals surface area (Å²) in [5.74, 6) is 2.20. The molecule has 1 aromatic rings. The lowest BCUT2D eigenvalue weighted by Gasteiger charge is -2.36. The first-order valence-corrected chi connectivity index (χ1v) is 8.39. The molecule has 0 radical (unpaired) electrons. The molecule has 0 aliphatic heterocycles. The lowest BCUT2D eigenvalue weighted by molar-refractivity contribution is 0.296. The van der Waals surface area contributed by atoms with Gasteiger partial charge >= 0.3 is 0 Å². The van der Waals surface area contributed by atoms with Gasteiger partial charge < -0.3 is 5.32 Å². The number of halogens is 1. The summed E-state index contributed by atoms with van der Waals surface area (Å²) < 4.78 is 11.3. The van der Waals surface area contributed by atoms with E-state index in [9.17, 15) is 4.21 Å². The SMILES string of the molecule is CCS(=O)CCNC1CC(c2ccc(Cl)cc2)C1. The maximum atomic E-state index is 11.3. The van der Waals surface area contributed by atoms with E-state index in [4.69, 9.17) is 11.6 Å². The number of nitrogens with one attached hydrogen (secondary N) is 1. The standard InChI is InChI=1S/C14H20ClNOS/c1-2-18(17)8-7-16-14-9-12(10-14)11-3-5-13(15)6-4-11/h3-6,12,14,16H,2,7-10H2,1H3. The Bertz CT molecular complexity index is 401. The minimum absolute atomic E-state index is 0.597. The highest BCUT2D eigenvalue weighted by atomic mass is 35.5. The van der Waals surface area contributed by atoms with Gasteiger partial charge in [0.15, 0.2) is 0 Å². The normalized spacial score (nSPS) is 24.6. The Morgan fingerprint density at radius 2 is 2.00 bits per heavy atom. The molecular formula is C14H20ClNOS. The first kappa shape index (κ1) is 14.0. The van der Waals surface area contributed by atoms with Gasteiger partial charge in [0.05, 0.1) is 0 Å². The van der Waals surface area contributed by atoms with Crippen LogP contribution in [-0.2, 0) is 10.8 Å². The second kappa shape index (κ2) is 6.69. The third-order valence-corrected chi connectivity index (χ3v) is 5.12. The molecule has 0 heterocycles. The van der Waals surface area contributed by atoms with E-state index in [1.165, 1.54) is 18.4 Å². The summed E-state index contributed by atoms with van der Waals surface area (Å²) in [6.07, 6.45) is 2.36. The molecule has 1 N–H and O–H groups in total. The van der Waals surface area contributed by atoms with E-state index in [2.05, 4.69) is 17.4 Å². The average Bonchev–Trinajstić information content (AvgIpc) is 2.33. The predicted molar refractivity (Wildman–Crippen MR) is 78.8 cm³/mol. The van der Waals surface area contributed by atoms with E-state index in [-0.39, 0.29) is 0 Å². The van der Waals surface area contributed by atoms with Gasteiger partial charge in [-0.1, -0.05) is 30.7 Å². The molecule has 1 aliphatic carbocycles. The van der Waals surface area contributed by atoms with Gasteiger partial charge in [0.2, 0.25) is 0 Å².